The van der Waals surface area contributed by atoms with Crippen LogP contribution in [0.25, 0.3) is 0 Å². The molecule has 0 bridgehead atoms. The maximum absolute atomic E-state index is 11.0. The van der Waals surface area contributed by atoms with Crippen molar-refractivity contribution in [3.05, 3.63) is 23.8 Å². The minimum absolute atomic E-state index is 0.0467. The van der Waals surface area contributed by atoms with Crippen LogP contribution in [0.4, 0.5) is 0 Å². The van der Waals surface area contributed by atoms with Crippen molar-refractivity contribution < 1.29 is 25.9 Å². The van der Waals surface area contributed by atoms with Gasteiger partial charge in [-0.05, 0) is 24.1 Å². The van der Waals surface area contributed by atoms with Gasteiger partial charge in [0.15, 0.2) is 0 Å². The fraction of sp³-hybridized carbons (Fsp3) is 0.250. The molecular weight excluding hydrogens is 256 g/mol. The summed E-state index contributed by atoms with van der Waals surface area (Å²) in [6.45, 7) is 1.51. The van der Waals surface area contributed by atoms with Crippen molar-refractivity contribution >= 4 is 20.2 Å². The van der Waals surface area contributed by atoms with Gasteiger partial charge in [-0.1, -0.05) is 13.0 Å². The predicted octanol–water partition coefficient (Wildman–Crippen LogP) is 0.742. The molecule has 0 aliphatic heterocycles. The molecule has 16 heavy (non-hydrogen) atoms. The molecule has 0 aliphatic rings. The molecular formula is C8H10O6S2. The summed E-state index contributed by atoms with van der Waals surface area (Å²) in [6, 6.07) is 3.27. The molecule has 0 heterocycles. The summed E-state index contributed by atoms with van der Waals surface area (Å²) in [5.41, 5.74) is -0.132. The van der Waals surface area contributed by atoms with Crippen LogP contribution in [0.1, 0.15) is 12.5 Å². The molecule has 0 amide bonds. The highest BCUT2D eigenvalue weighted by molar-refractivity contribution is 7.86. The van der Waals surface area contributed by atoms with Gasteiger partial charge in [0.2, 0.25) is 0 Å². The zero-order valence-corrected chi connectivity index (χ0v) is 9.92. The largest absolute Gasteiger partial charge is 0.294 e. The topological polar surface area (TPSA) is 109 Å². The zero-order valence-electron chi connectivity index (χ0n) is 8.28. The van der Waals surface area contributed by atoms with Gasteiger partial charge in [0.25, 0.3) is 20.2 Å². The number of rotatable bonds is 3. The summed E-state index contributed by atoms with van der Waals surface area (Å²) in [7, 11) is -9.01. The summed E-state index contributed by atoms with van der Waals surface area (Å²) < 4.78 is 61.7. The van der Waals surface area contributed by atoms with E-state index in [9.17, 15) is 16.8 Å². The van der Waals surface area contributed by atoms with Crippen molar-refractivity contribution in [2.24, 2.45) is 0 Å². The van der Waals surface area contributed by atoms with E-state index in [0.717, 1.165) is 18.2 Å². The highest BCUT2D eigenvalue weighted by Gasteiger charge is 2.22. The Morgan fingerprint density at radius 3 is 1.62 bits per heavy atom. The van der Waals surface area contributed by atoms with Crippen LogP contribution in [0.15, 0.2) is 28.0 Å². The molecule has 0 atom stereocenters. The lowest BCUT2D eigenvalue weighted by Crippen LogP contribution is -2.09. The number of benzene rings is 1. The fourth-order valence-corrected chi connectivity index (χ4v) is 3.07. The Kier molecular flexibility index (Phi) is 3.38. The average Bonchev–Trinajstić information content (AvgIpc) is 2.13. The first kappa shape index (κ1) is 13.1. The predicted molar refractivity (Wildman–Crippen MR) is 55.4 cm³/mol. The molecule has 8 heteroatoms. The van der Waals surface area contributed by atoms with E-state index in [1.165, 1.54) is 6.92 Å². The lowest BCUT2D eigenvalue weighted by molar-refractivity contribution is 0.479. The van der Waals surface area contributed by atoms with E-state index in [1.807, 2.05) is 0 Å². The third-order valence-corrected chi connectivity index (χ3v) is 3.88. The first-order valence-electron chi connectivity index (χ1n) is 4.24. The van der Waals surface area contributed by atoms with Gasteiger partial charge in [0.1, 0.15) is 0 Å². The van der Waals surface area contributed by atoms with Gasteiger partial charge in [0.05, 0.1) is 9.79 Å². The van der Waals surface area contributed by atoms with Gasteiger partial charge in [-0.3, -0.25) is 9.11 Å². The van der Waals surface area contributed by atoms with Crippen molar-refractivity contribution in [2.45, 2.75) is 23.1 Å². The second-order valence-electron chi connectivity index (χ2n) is 3.04. The van der Waals surface area contributed by atoms with Crippen molar-refractivity contribution in [1.29, 1.82) is 0 Å². The molecule has 2 N–H and O–H groups in total. The van der Waals surface area contributed by atoms with Crippen LogP contribution in [0.2, 0.25) is 0 Å². The second-order valence-corrected chi connectivity index (χ2v) is 5.82. The van der Waals surface area contributed by atoms with Gasteiger partial charge in [0, 0.05) is 0 Å². The van der Waals surface area contributed by atoms with Crippen molar-refractivity contribution in [3.8, 4) is 0 Å². The molecule has 0 fully saturated rings. The second kappa shape index (κ2) is 4.13. The van der Waals surface area contributed by atoms with E-state index in [-0.39, 0.29) is 12.0 Å². The third-order valence-electron chi connectivity index (χ3n) is 2.00. The minimum Gasteiger partial charge on any atom is -0.282 e. The maximum atomic E-state index is 11.0. The molecule has 1 aromatic rings. The molecule has 1 rings (SSSR count). The SMILES string of the molecule is CCc1c(S(=O)(=O)O)cccc1S(=O)(=O)O. The van der Waals surface area contributed by atoms with Crippen LogP contribution in [0.5, 0.6) is 0 Å². The van der Waals surface area contributed by atoms with Crippen LogP contribution in [-0.2, 0) is 26.7 Å². The van der Waals surface area contributed by atoms with Gasteiger partial charge in [-0.25, -0.2) is 0 Å². The minimum atomic E-state index is -4.50. The molecule has 0 radical (unpaired) electrons. The lowest BCUT2D eigenvalue weighted by Gasteiger charge is -2.08. The molecule has 0 unspecified atom stereocenters. The summed E-state index contributed by atoms with van der Waals surface area (Å²) in [5, 5.41) is 0. The quantitative estimate of drug-likeness (QED) is 0.781. The smallest absolute Gasteiger partial charge is 0.282 e. The Morgan fingerprint density at radius 1 is 1.00 bits per heavy atom. The Hall–Kier alpha value is -0.960. The van der Waals surface area contributed by atoms with Crippen LogP contribution in [-0.4, -0.2) is 25.9 Å². The van der Waals surface area contributed by atoms with Crippen molar-refractivity contribution in [1.82, 2.24) is 0 Å². The van der Waals surface area contributed by atoms with E-state index < -0.39 is 30.0 Å². The number of hydrogen-bond donors (Lipinski definition) is 2. The average molecular weight is 266 g/mol. The first-order chi connectivity index (χ1) is 7.18. The van der Waals surface area contributed by atoms with Crippen molar-refractivity contribution in [2.75, 3.05) is 0 Å². The Labute approximate surface area is 93.4 Å². The van der Waals surface area contributed by atoms with E-state index >= 15 is 0 Å². The fourth-order valence-electron chi connectivity index (χ4n) is 1.38. The van der Waals surface area contributed by atoms with E-state index in [2.05, 4.69) is 0 Å². The maximum Gasteiger partial charge on any atom is 0.294 e. The molecule has 6 nitrogen and oxygen atoms in total. The van der Waals surface area contributed by atoms with Crippen LogP contribution in [0.3, 0.4) is 0 Å². The lowest BCUT2D eigenvalue weighted by atomic mass is 10.2. The van der Waals surface area contributed by atoms with Gasteiger partial charge >= 0.3 is 0 Å². The molecule has 0 aliphatic carbocycles. The first-order valence-corrected chi connectivity index (χ1v) is 7.12. The van der Waals surface area contributed by atoms with E-state index in [1.54, 1.807) is 0 Å². The summed E-state index contributed by atoms with van der Waals surface area (Å²) in [6.07, 6.45) is 0.0467. The Morgan fingerprint density at radius 2 is 1.38 bits per heavy atom. The standard InChI is InChI=1S/C8H10O6S2/c1-2-6-7(15(9,10)11)4-3-5-8(6)16(12,13)14/h3-5H,2H2,1H3,(H,9,10,11)(H,12,13,14). The summed E-state index contributed by atoms with van der Waals surface area (Å²) in [5.74, 6) is 0. The third kappa shape index (κ3) is 2.59. The zero-order chi connectivity index (χ0) is 12.6. The van der Waals surface area contributed by atoms with Gasteiger partial charge in [-0.2, -0.15) is 16.8 Å². The molecule has 0 aromatic heterocycles. The highest BCUT2D eigenvalue weighted by Crippen LogP contribution is 2.23. The van der Waals surface area contributed by atoms with Crippen LogP contribution >= 0.6 is 0 Å². The van der Waals surface area contributed by atoms with Crippen LogP contribution < -0.4 is 0 Å². The van der Waals surface area contributed by atoms with E-state index in [0.29, 0.717) is 0 Å². The molecule has 0 spiro atoms. The normalized spacial score (nSPS) is 12.7. The molecule has 0 saturated heterocycles. The molecule has 90 valence electrons. The van der Waals surface area contributed by atoms with Crippen LogP contribution in [0, 0.1) is 0 Å². The Bertz CT molecular complexity index is 549. The summed E-state index contributed by atoms with van der Waals surface area (Å²) >= 11 is 0. The highest BCUT2D eigenvalue weighted by atomic mass is 32.2. The molecule has 1 aromatic carbocycles. The Balaban J connectivity index is 3.71. The summed E-state index contributed by atoms with van der Waals surface area (Å²) in [4.78, 5) is -1.02. The number of hydrogen-bond acceptors (Lipinski definition) is 4. The monoisotopic (exact) mass is 266 g/mol. The van der Waals surface area contributed by atoms with Gasteiger partial charge in [-0.15, -0.1) is 0 Å². The van der Waals surface area contributed by atoms with Gasteiger partial charge < -0.3 is 0 Å². The van der Waals surface area contributed by atoms with E-state index in [4.69, 9.17) is 9.11 Å². The molecule has 0 saturated carbocycles. The van der Waals surface area contributed by atoms with Crippen molar-refractivity contribution in [3.63, 3.8) is 0 Å².